The number of likely N-dealkylation sites (tertiary alicyclic amines) is 1. The molecule has 5 heteroatoms. The molecule has 2 aliphatic heterocycles. The van der Waals surface area contributed by atoms with Crippen LogP contribution in [0.1, 0.15) is 50.5 Å². The first-order chi connectivity index (χ1) is 13.2. The topological polar surface area (TPSA) is 48.0 Å². The lowest BCUT2D eigenvalue weighted by Crippen LogP contribution is -2.51. The van der Waals surface area contributed by atoms with Gasteiger partial charge in [-0.1, -0.05) is 31.4 Å². The van der Waals surface area contributed by atoms with Crippen molar-refractivity contribution in [2.75, 3.05) is 33.4 Å². The number of ether oxygens (including phenoxy) is 3. The maximum absolute atomic E-state index is 13.7. The third-order valence-electron chi connectivity index (χ3n) is 6.62. The predicted molar refractivity (Wildman–Crippen MR) is 103 cm³/mol. The number of benzene rings is 1. The lowest BCUT2D eigenvalue weighted by Gasteiger charge is -2.43. The van der Waals surface area contributed by atoms with E-state index in [-0.39, 0.29) is 11.7 Å². The highest BCUT2D eigenvalue weighted by Crippen LogP contribution is 2.42. The van der Waals surface area contributed by atoms with Gasteiger partial charge in [0, 0.05) is 19.0 Å². The molecule has 0 bridgehead atoms. The molecule has 2 saturated heterocycles. The predicted octanol–water partition coefficient (Wildman–Crippen LogP) is 3.51. The van der Waals surface area contributed by atoms with Crippen LogP contribution < -0.4 is 4.74 Å². The number of rotatable bonds is 4. The van der Waals surface area contributed by atoms with Gasteiger partial charge in [0.1, 0.15) is 5.75 Å². The fourth-order valence-corrected chi connectivity index (χ4v) is 5.02. The molecule has 1 aromatic rings. The molecule has 1 amide bonds. The van der Waals surface area contributed by atoms with Crippen molar-refractivity contribution in [2.45, 2.75) is 56.7 Å². The van der Waals surface area contributed by atoms with Crippen molar-refractivity contribution in [1.82, 2.24) is 4.90 Å². The third kappa shape index (κ3) is 3.72. The zero-order valence-electron chi connectivity index (χ0n) is 16.3. The summed E-state index contributed by atoms with van der Waals surface area (Å²) in [6.07, 6.45) is 7.25. The van der Waals surface area contributed by atoms with Crippen LogP contribution in [0.2, 0.25) is 0 Å². The van der Waals surface area contributed by atoms with E-state index in [9.17, 15) is 4.79 Å². The highest BCUT2D eigenvalue weighted by molar-refractivity contribution is 5.88. The highest BCUT2D eigenvalue weighted by atomic mass is 16.7. The Morgan fingerprint density at radius 2 is 1.67 bits per heavy atom. The SMILES string of the molecule is COc1ccc(C2(C(=O)N3CCC(C4OCCO4)CC3)CCCCC2)cc1. The van der Waals surface area contributed by atoms with Gasteiger partial charge in [-0.15, -0.1) is 0 Å². The lowest BCUT2D eigenvalue weighted by atomic mass is 9.68. The largest absolute Gasteiger partial charge is 0.497 e. The Labute approximate surface area is 162 Å². The quantitative estimate of drug-likeness (QED) is 0.810. The van der Waals surface area contributed by atoms with E-state index in [2.05, 4.69) is 17.0 Å². The van der Waals surface area contributed by atoms with Crippen LogP contribution in [0, 0.1) is 5.92 Å². The van der Waals surface area contributed by atoms with Gasteiger partial charge in [-0.05, 0) is 43.4 Å². The highest BCUT2D eigenvalue weighted by Gasteiger charge is 2.44. The van der Waals surface area contributed by atoms with Gasteiger partial charge in [0.25, 0.3) is 0 Å². The van der Waals surface area contributed by atoms with Gasteiger partial charge < -0.3 is 19.1 Å². The van der Waals surface area contributed by atoms with Crippen molar-refractivity contribution in [2.24, 2.45) is 5.92 Å². The number of hydrogen-bond acceptors (Lipinski definition) is 4. The van der Waals surface area contributed by atoms with Crippen LogP contribution in [0.4, 0.5) is 0 Å². The summed E-state index contributed by atoms with van der Waals surface area (Å²) in [6, 6.07) is 8.16. The normalized spacial score (nSPS) is 24.1. The molecule has 0 unspecified atom stereocenters. The number of amides is 1. The third-order valence-corrected chi connectivity index (χ3v) is 6.62. The second kappa shape index (κ2) is 8.19. The van der Waals surface area contributed by atoms with Crippen LogP contribution >= 0.6 is 0 Å². The van der Waals surface area contributed by atoms with Crippen LogP contribution in [0.25, 0.3) is 0 Å². The van der Waals surface area contributed by atoms with Crippen LogP contribution in [-0.2, 0) is 19.7 Å². The van der Waals surface area contributed by atoms with E-state index in [4.69, 9.17) is 14.2 Å². The molecule has 0 atom stereocenters. The van der Waals surface area contributed by atoms with Crippen LogP contribution in [0.5, 0.6) is 5.75 Å². The number of carbonyl (C=O) groups is 1. The molecular weight excluding hydrogens is 342 g/mol. The standard InChI is InChI=1S/C22H31NO4/c1-25-19-7-5-18(6-8-19)22(11-3-2-4-12-22)21(24)23-13-9-17(10-14-23)20-26-15-16-27-20/h5-8,17,20H,2-4,9-16H2,1H3. The molecule has 0 N–H and O–H groups in total. The zero-order chi connectivity index (χ0) is 18.7. The summed E-state index contributed by atoms with van der Waals surface area (Å²) >= 11 is 0. The average Bonchev–Trinajstić information content (AvgIpc) is 3.29. The minimum atomic E-state index is -0.363. The Bertz CT molecular complexity index is 624. The summed E-state index contributed by atoms with van der Waals surface area (Å²) in [4.78, 5) is 15.8. The van der Waals surface area contributed by atoms with Gasteiger partial charge in [0.2, 0.25) is 5.91 Å². The molecule has 1 aromatic carbocycles. The Balaban J connectivity index is 1.49. The maximum Gasteiger partial charge on any atom is 0.233 e. The van der Waals surface area contributed by atoms with Gasteiger partial charge >= 0.3 is 0 Å². The maximum atomic E-state index is 13.7. The summed E-state index contributed by atoms with van der Waals surface area (Å²) in [5, 5.41) is 0. The Morgan fingerprint density at radius 3 is 2.26 bits per heavy atom. The van der Waals surface area contributed by atoms with Crippen molar-refractivity contribution in [1.29, 1.82) is 0 Å². The molecule has 1 aliphatic carbocycles. The molecule has 27 heavy (non-hydrogen) atoms. The number of carbonyl (C=O) groups excluding carboxylic acids is 1. The number of nitrogens with zero attached hydrogens (tertiary/aromatic N) is 1. The minimum absolute atomic E-state index is 0.0625. The summed E-state index contributed by atoms with van der Waals surface area (Å²) in [6.45, 7) is 3.02. The summed E-state index contributed by atoms with van der Waals surface area (Å²) in [7, 11) is 1.68. The zero-order valence-corrected chi connectivity index (χ0v) is 16.3. The van der Waals surface area contributed by atoms with E-state index in [0.717, 1.165) is 62.9 Å². The van der Waals surface area contributed by atoms with Gasteiger partial charge in [-0.25, -0.2) is 0 Å². The molecule has 3 aliphatic rings. The van der Waals surface area contributed by atoms with Crippen LogP contribution in [-0.4, -0.2) is 50.5 Å². The molecule has 0 aromatic heterocycles. The summed E-state index contributed by atoms with van der Waals surface area (Å²) in [5.74, 6) is 1.58. The number of hydrogen-bond donors (Lipinski definition) is 0. The minimum Gasteiger partial charge on any atom is -0.497 e. The second-order valence-corrected chi connectivity index (χ2v) is 8.11. The molecule has 0 spiro atoms. The molecule has 0 radical (unpaired) electrons. The molecule has 1 saturated carbocycles. The van der Waals surface area contributed by atoms with Crippen molar-refractivity contribution >= 4 is 5.91 Å². The van der Waals surface area contributed by atoms with Gasteiger partial charge in [0.05, 0.1) is 25.7 Å². The van der Waals surface area contributed by atoms with Crippen LogP contribution in [0.15, 0.2) is 24.3 Å². The average molecular weight is 373 g/mol. The number of piperidine rings is 1. The van der Waals surface area contributed by atoms with Crippen molar-refractivity contribution in [3.63, 3.8) is 0 Å². The smallest absolute Gasteiger partial charge is 0.233 e. The molecule has 3 fully saturated rings. The fraction of sp³-hybridized carbons (Fsp3) is 0.682. The fourth-order valence-electron chi connectivity index (χ4n) is 5.02. The lowest BCUT2D eigenvalue weighted by molar-refractivity contribution is -0.144. The first-order valence-electron chi connectivity index (χ1n) is 10.4. The van der Waals surface area contributed by atoms with Crippen molar-refractivity contribution in [3.05, 3.63) is 29.8 Å². The van der Waals surface area contributed by atoms with Gasteiger partial charge in [0.15, 0.2) is 6.29 Å². The molecule has 4 rings (SSSR count). The molecule has 148 valence electrons. The first-order valence-corrected chi connectivity index (χ1v) is 10.4. The molecular formula is C22H31NO4. The van der Waals surface area contributed by atoms with Gasteiger partial charge in [-0.2, -0.15) is 0 Å². The van der Waals surface area contributed by atoms with E-state index in [0.29, 0.717) is 25.0 Å². The Kier molecular flexibility index (Phi) is 5.69. The van der Waals surface area contributed by atoms with Crippen LogP contribution in [0.3, 0.4) is 0 Å². The van der Waals surface area contributed by atoms with Crippen molar-refractivity contribution in [3.8, 4) is 5.75 Å². The van der Waals surface area contributed by atoms with E-state index < -0.39 is 0 Å². The molecule has 2 heterocycles. The summed E-state index contributed by atoms with van der Waals surface area (Å²) in [5.41, 5.74) is 0.787. The first kappa shape index (κ1) is 18.8. The second-order valence-electron chi connectivity index (χ2n) is 8.11. The van der Waals surface area contributed by atoms with E-state index in [1.165, 1.54) is 6.42 Å². The Hall–Kier alpha value is -1.59. The molecule has 5 nitrogen and oxygen atoms in total. The van der Waals surface area contributed by atoms with E-state index in [1.807, 2.05) is 12.1 Å². The number of methoxy groups -OCH3 is 1. The van der Waals surface area contributed by atoms with E-state index >= 15 is 0 Å². The van der Waals surface area contributed by atoms with Gasteiger partial charge in [-0.3, -0.25) is 4.79 Å². The summed E-state index contributed by atoms with van der Waals surface area (Å²) < 4.78 is 16.7. The monoisotopic (exact) mass is 373 g/mol. The Morgan fingerprint density at radius 1 is 1.04 bits per heavy atom. The van der Waals surface area contributed by atoms with E-state index in [1.54, 1.807) is 7.11 Å². The van der Waals surface area contributed by atoms with Crippen molar-refractivity contribution < 1.29 is 19.0 Å².